The van der Waals surface area contributed by atoms with Crippen LogP contribution in [0.1, 0.15) is 36.3 Å². The molecule has 1 aliphatic rings. The molecule has 2 aromatic rings. The molecule has 1 aliphatic heterocycles. The largest absolute Gasteiger partial charge is 0.416 e. The molecule has 0 bridgehead atoms. The number of aryl methyl sites for hydroxylation is 3. The zero-order valence-corrected chi connectivity index (χ0v) is 15.7. The molecule has 0 radical (unpaired) electrons. The van der Waals surface area contributed by atoms with Gasteiger partial charge in [-0.1, -0.05) is 36.0 Å². The Morgan fingerprint density at radius 3 is 2.92 bits per heavy atom. The maximum absolute atomic E-state index is 12.5. The van der Waals surface area contributed by atoms with Gasteiger partial charge in [0.25, 0.3) is 5.22 Å². The molecule has 6 heteroatoms. The van der Waals surface area contributed by atoms with Gasteiger partial charge in [-0.15, -0.1) is 10.2 Å². The van der Waals surface area contributed by atoms with E-state index in [9.17, 15) is 4.79 Å². The van der Waals surface area contributed by atoms with Gasteiger partial charge in [-0.3, -0.25) is 4.79 Å². The maximum Gasteiger partial charge on any atom is 0.277 e. The number of aromatic nitrogens is 2. The van der Waals surface area contributed by atoms with E-state index < -0.39 is 0 Å². The SMILES string of the molecule is Cc1nnc(SCC(=O)N2CCCC(CCc3ccccc3C)C2)o1. The zero-order chi connectivity index (χ0) is 17.6. The van der Waals surface area contributed by atoms with E-state index in [1.54, 1.807) is 6.92 Å². The predicted molar refractivity (Wildman–Crippen MR) is 98.6 cm³/mol. The average molecular weight is 359 g/mol. The summed E-state index contributed by atoms with van der Waals surface area (Å²) in [5.41, 5.74) is 2.78. The first kappa shape index (κ1) is 18.0. The van der Waals surface area contributed by atoms with Gasteiger partial charge < -0.3 is 9.32 Å². The van der Waals surface area contributed by atoms with E-state index in [0.29, 0.717) is 22.8 Å². The van der Waals surface area contributed by atoms with Crippen LogP contribution in [-0.4, -0.2) is 39.8 Å². The molecular formula is C19H25N3O2S. The van der Waals surface area contributed by atoms with E-state index in [2.05, 4.69) is 41.4 Å². The highest BCUT2D eigenvalue weighted by molar-refractivity contribution is 7.99. The number of carbonyl (C=O) groups excluding carboxylic acids is 1. The zero-order valence-electron chi connectivity index (χ0n) is 14.9. The Morgan fingerprint density at radius 2 is 2.16 bits per heavy atom. The molecule has 0 spiro atoms. The van der Waals surface area contributed by atoms with Crippen LogP contribution in [0.15, 0.2) is 33.9 Å². The lowest BCUT2D eigenvalue weighted by atomic mass is 9.90. The minimum atomic E-state index is 0.168. The number of piperidine rings is 1. The molecule has 1 atom stereocenters. The summed E-state index contributed by atoms with van der Waals surface area (Å²) in [4.78, 5) is 14.5. The first-order valence-corrected chi connectivity index (χ1v) is 9.85. The van der Waals surface area contributed by atoms with Crippen molar-refractivity contribution in [2.75, 3.05) is 18.8 Å². The third-order valence-electron chi connectivity index (χ3n) is 4.78. The molecular weight excluding hydrogens is 334 g/mol. The van der Waals surface area contributed by atoms with Crippen molar-refractivity contribution < 1.29 is 9.21 Å². The number of carbonyl (C=O) groups is 1. The molecule has 1 saturated heterocycles. The lowest BCUT2D eigenvalue weighted by Gasteiger charge is -2.33. The molecule has 0 N–H and O–H groups in total. The van der Waals surface area contributed by atoms with Crippen molar-refractivity contribution in [2.45, 2.75) is 44.8 Å². The Hall–Kier alpha value is -1.82. The minimum absolute atomic E-state index is 0.168. The van der Waals surface area contributed by atoms with Crippen LogP contribution in [0.25, 0.3) is 0 Å². The number of thioether (sulfide) groups is 1. The fourth-order valence-electron chi connectivity index (χ4n) is 3.33. The number of hydrogen-bond acceptors (Lipinski definition) is 5. The van der Waals surface area contributed by atoms with Gasteiger partial charge in [0, 0.05) is 20.0 Å². The summed E-state index contributed by atoms with van der Waals surface area (Å²) < 4.78 is 5.31. The van der Waals surface area contributed by atoms with E-state index in [4.69, 9.17) is 4.42 Å². The number of benzene rings is 1. The third kappa shape index (κ3) is 5.08. The van der Waals surface area contributed by atoms with Crippen molar-refractivity contribution in [3.05, 3.63) is 41.3 Å². The van der Waals surface area contributed by atoms with E-state index in [0.717, 1.165) is 32.4 Å². The molecule has 1 amide bonds. The Labute approximate surface area is 153 Å². The van der Waals surface area contributed by atoms with Gasteiger partial charge in [-0.05, 0) is 49.7 Å². The average Bonchev–Trinajstić information content (AvgIpc) is 3.04. The lowest BCUT2D eigenvalue weighted by Crippen LogP contribution is -2.41. The van der Waals surface area contributed by atoms with Gasteiger partial charge in [-0.25, -0.2) is 0 Å². The van der Waals surface area contributed by atoms with E-state index in [-0.39, 0.29) is 5.91 Å². The Balaban J connectivity index is 1.47. The molecule has 5 nitrogen and oxygen atoms in total. The van der Waals surface area contributed by atoms with Crippen LogP contribution in [-0.2, 0) is 11.2 Å². The summed E-state index contributed by atoms with van der Waals surface area (Å²) in [5, 5.41) is 8.18. The highest BCUT2D eigenvalue weighted by Gasteiger charge is 2.24. The van der Waals surface area contributed by atoms with Crippen molar-refractivity contribution in [3.63, 3.8) is 0 Å². The van der Waals surface area contributed by atoms with Crippen LogP contribution < -0.4 is 0 Å². The number of amides is 1. The molecule has 1 unspecified atom stereocenters. The smallest absolute Gasteiger partial charge is 0.277 e. The van der Waals surface area contributed by atoms with Gasteiger partial charge in [0.05, 0.1) is 5.75 Å². The second-order valence-corrected chi connectivity index (χ2v) is 7.62. The fourth-order valence-corrected chi connectivity index (χ4v) is 4.04. The van der Waals surface area contributed by atoms with Gasteiger partial charge in [-0.2, -0.15) is 0 Å². The molecule has 1 aromatic carbocycles. The second-order valence-electron chi connectivity index (χ2n) is 6.69. The molecule has 1 aromatic heterocycles. The Morgan fingerprint density at radius 1 is 1.32 bits per heavy atom. The van der Waals surface area contributed by atoms with Gasteiger partial charge >= 0.3 is 0 Å². The van der Waals surface area contributed by atoms with Crippen molar-refractivity contribution in [3.8, 4) is 0 Å². The number of rotatable bonds is 6. The van der Waals surface area contributed by atoms with Crippen molar-refractivity contribution >= 4 is 17.7 Å². The van der Waals surface area contributed by atoms with Crippen LogP contribution in [0.2, 0.25) is 0 Å². The Bertz CT molecular complexity index is 716. The monoisotopic (exact) mass is 359 g/mol. The van der Waals surface area contributed by atoms with Crippen molar-refractivity contribution in [1.29, 1.82) is 0 Å². The van der Waals surface area contributed by atoms with E-state index in [1.165, 1.54) is 29.3 Å². The quantitative estimate of drug-likeness (QED) is 0.737. The van der Waals surface area contributed by atoms with Crippen molar-refractivity contribution in [1.82, 2.24) is 15.1 Å². The summed E-state index contributed by atoms with van der Waals surface area (Å²) >= 11 is 1.32. The Kier molecular flexibility index (Phi) is 6.13. The van der Waals surface area contributed by atoms with Crippen molar-refractivity contribution in [2.24, 2.45) is 5.92 Å². The molecule has 3 rings (SSSR count). The summed E-state index contributed by atoms with van der Waals surface area (Å²) in [6.45, 7) is 5.66. The normalized spacial score (nSPS) is 17.7. The molecule has 0 aliphatic carbocycles. The topological polar surface area (TPSA) is 59.2 Å². The van der Waals surface area contributed by atoms with Crippen LogP contribution in [0.3, 0.4) is 0 Å². The summed E-state index contributed by atoms with van der Waals surface area (Å²) in [5.74, 6) is 1.66. The molecule has 1 fully saturated rings. The van der Waals surface area contributed by atoms with Crippen LogP contribution in [0, 0.1) is 19.8 Å². The summed E-state index contributed by atoms with van der Waals surface area (Å²) in [6.07, 6.45) is 4.54. The molecule has 0 saturated carbocycles. The second kappa shape index (κ2) is 8.52. The number of nitrogens with zero attached hydrogens (tertiary/aromatic N) is 3. The third-order valence-corrected chi connectivity index (χ3v) is 5.58. The van der Waals surface area contributed by atoms with Crippen LogP contribution in [0.5, 0.6) is 0 Å². The van der Waals surface area contributed by atoms with Gasteiger partial charge in [0.2, 0.25) is 11.8 Å². The summed E-state index contributed by atoms with van der Waals surface area (Å²) in [6, 6.07) is 8.57. The van der Waals surface area contributed by atoms with Crippen LogP contribution in [0.4, 0.5) is 0 Å². The van der Waals surface area contributed by atoms with Gasteiger partial charge in [0.1, 0.15) is 0 Å². The summed E-state index contributed by atoms with van der Waals surface area (Å²) in [7, 11) is 0. The number of likely N-dealkylation sites (tertiary alicyclic amines) is 1. The minimum Gasteiger partial charge on any atom is -0.416 e. The molecule has 25 heavy (non-hydrogen) atoms. The van der Waals surface area contributed by atoms with E-state index >= 15 is 0 Å². The van der Waals surface area contributed by atoms with Crippen LogP contribution >= 0.6 is 11.8 Å². The number of hydrogen-bond donors (Lipinski definition) is 0. The molecule has 134 valence electrons. The first-order chi connectivity index (χ1) is 12.1. The van der Waals surface area contributed by atoms with E-state index in [1.807, 2.05) is 4.90 Å². The fraction of sp³-hybridized carbons (Fsp3) is 0.526. The highest BCUT2D eigenvalue weighted by Crippen LogP contribution is 2.24. The maximum atomic E-state index is 12.5. The van der Waals surface area contributed by atoms with Gasteiger partial charge in [0.15, 0.2) is 0 Å². The standard InChI is InChI=1S/C19H25N3O2S/c1-14-6-3-4-8-17(14)10-9-16-7-5-11-22(12-16)18(23)13-25-19-21-20-15(2)24-19/h3-4,6,8,16H,5,7,9-13H2,1-2H3. The lowest BCUT2D eigenvalue weighted by molar-refractivity contribution is -0.130. The predicted octanol–water partition coefficient (Wildman–Crippen LogP) is 3.65. The highest BCUT2D eigenvalue weighted by atomic mass is 32.2. The molecule has 2 heterocycles. The first-order valence-electron chi connectivity index (χ1n) is 8.87.